The average molecular weight is 212 g/mol. The molecular weight excluding hydrogens is 200 g/mol. The van der Waals surface area contributed by atoms with Crippen LogP contribution in [-0.2, 0) is 11.8 Å². The number of rotatable bonds is 3. The highest BCUT2D eigenvalue weighted by molar-refractivity contribution is 7.80. The number of carbonyl (C=O) groups excluding carboxylic acids is 1. The predicted octanol–water partition coefficient (Wildman–Crippen LogP) is 0.403. The molecule has 0 aliphatic rings. The Morgan fingerprint density at radius 2 is 2.43 bits per heavy atom. The van der Waals surface area contributed by atoms with Crippen molar-refractivity contribution in [3.8, 4) is 0 Å². The van der Waals surface area contributed by atoms with Gasteiger partial charge in [0.2, 0.25) is 5.91 Å². The van der Waals surface area contributed by atoms with E-state index in [4.69, 9.17) is 18.0 Å². The van der Waals surface area contributed by atoms with E-state index in [-0.39, 0.29) is 10.9 Å². The Hall–Kier alpha value is -1.43. The fraction of sp³-hybridized carbons (Fsp3) is 0.375. The van der Waals surface area contributed by atoms with Crippen LogP contribution < -0.4 is 11.1 Å². The third-order valence-electron chi connectivity index (χ3n) is 1.78. The second kappa shape index (κ2) is 4.19. The maximum absolute atomic E-state index is 11.2. The summed E-state index contributed by atoms with van der Waals surface area (Å²) in [6.45, 7) is 1.77. The number of hydrogen-bond acceptors (Lipinski definition) is 3. The zero-order valence-corrected chi connectivity index (χ0v) is 8.89. The summed E-state index contributed by atoms with van der Waals surface area (Å²) in [5.74, 6) is 0.454. The molecule has 14 heavy (non-hydrogen) atoms. The summed E-state index contributed by atoms with van der Waals surface area (Å²) in [7, 11) is 1.72. The summed E-state index contributed by atoms with van der Waals surface area (Å²) in [6, 6.07) is 0. The lowest BCUT2D eigenvalue weighted by Gasteiger charge is -2.05. The van der Waals surface area contributed by atoms with Crippen molar-refractivity contribution in [2.45, 2.75) is 13.3 Å². The molecule has 0 aliphatic carbocycles. The summed E-state index contributed by atoms with van der Waals surface area (Å²) < 4.78 is 1.53. The average Bonchev–Trinajstić information content (AvgIpc) is 2.48. The molecule has 0 saturated carbocycles. The molecule has 1 heterocycles. The van der Waals surface area contributed by atoms with Crippen molar-refractivity contribution in [2.75, 3.05) is 5.32 Å². The normalized spacial score (nSPS) is 9.86. The highest BCUT2D eigenvalue weighted by atomic mass is 32.1. The molecule has 0 fully saturated rings. The topological polar surface area (TPSA) is 72.9 Å². The van der Waals surface area contributed by atoms with Crippen LogP contribution in [-0.4, -0.2) is 20.7 Å². The monoisotopic (exact) mass is 212 g/mol. The van der Waals surface area contributed by atoms with Gasteiger partial charge in [0.05, 0.1) is 11.8 Å². The summed E-state index contributed by atoms with van der Waals surface area (Å²) in [5.41, 5.74) is 6.06. The number of amides is 1. The molecule has 0 aromatic carbocycles. The lowest BCUT2D eigenvalue weighted by molar-refractivity contribution is -0.115. The summed E-state index contributed by atoms with van der Waals surface area (Å²) >= 11 is 4.83. The third-order valence-corrected chi connectivity index (χ3v) is 2.00. The Bertz CT molecular complexity index is 371. The molecule has 1 rings (SSSR count). The second-order valence-corrected chi connectivity index (χ2v) is 3.24. The minimum absolute atomic E-state index is 0.0916. The van der Waals surface area contributed by atoms with E-state index in [0.29, 0.717) is 17.8 Å². The molecule has 1 aromatic heterocycles. The van der Waals surface area contributed by atoms with Crippen molar-refractivity contribution in [2.24, 2.45) is 12.8 Å². The number of anilines is 1. The van der Waals surface area contributed by atoms with Gasteiger partial charge in [-0.15, -0.1) is 0 Å². The van der Waals surface area contributed by atoms with Crippen LogP contribution in [0, 0.1) is 0 Å². The summed E-state index contributed by atoms with van der Waals surface area (Å²) in [6.07, 6.45) is 1.94. The minimum atomic E-state index is -0.0916. The van der Waals surface area contributed by atoms with E-state index >= 15 is 0 Å². The first-order chi connectivity index (χ1) is 6.56. The molecule has 0 spiro atoms. The quantitative estimate of drug-likeness (QED) is 0.711. The SMILES string of the molecule is CCC(=O)Nc1c(C(N)=S)cnn1C. The lowest BCUT2D eigenvalue weighted by Crippen LogP contribution is -2.17. The van der Waals surface area contributed by atoms with Gasteiger partial charge in [0, 0.05) is 13.5 Å². The van der Waals surface area contributed by atoms with E-state index in [1.807, 2.05) is 0 Å². The van der Waals surface area contributed by atoms with Crippen molar-refractivity contribution in [1.29, 1.82) is 0 Å². The number of thiocarbonyl (C=S) groups is 1. The van der Waals surface area contributed by atoms with Crippen LogP contribution in [0.2, 0.25) is 0 Å². The van der Waals surface area contributed by atoms with Gasteiger partial charge in [-0.3, -0.25) is 9.48 Å². The maximum atomic E-state index is 11.2. The highest BCUT2D eigenvalue weighted by Gasteiger charge is 2.12. The van der Waals surface area contributed by atoms with Gasteiger partial charge in [0.1, 0.15) is 10.8 Å². The van der Waals surface area contributed by atoms with E-state index in [9.17, 15) is 4.79 Å². The number of aryl methyl sites for hydroxylation is 1. The fourth-order valence-electron chi connectivity index (χ4n) is 0.987. The molecule has 6 heteroatoms. The second-order valence-electron chi connectivity index (χ2n) is 2.80. The summed E-state index contributed by atoms with van der Waals surface area (Å²) in [5, 5.41) is 6.64. The first-order valence-electron chi connectivity index (χ1n) is 4.18. The van der Waals surface area contributed by atoms with Crippen molar-refractivity contribution in [3.63, 3.8) is 0 Å². The Morgan fingerprint density at radius 3 is 2.93 bits per heavy atom. The molecule has 1 amide bonds. The molecule has 0 radical (unpaired) electrons. The molecule has 0 bridgehead atoms. The number of nitrogens with one attached hydrogen (secondary N) is 1. The van der Waals surface area contributed by atoms with Crippen LogP contribution in [0.1, 0.15) is 18.9 Å². The van der Waals surface area contributed by atoms with Crippen LogP contribution in [0.15, 0.2) is 6.20 Å². The Kier molecular flexibility index (Phi) is 3.19. The van der Waals surface area contributed by atoms with Gasteiger partial charge < -0.3 is 11.1 Å². The largest absolute Gasteiger partial charge is 0.389 e. The van der Waals surface area contributed by atoms with E-state index in [0.717, 1.165) is 0 Å². The first kappa shape index (κ1) is 10.6. The smallest absolute Gasteiger partial charge is 0.225 e. The van der Waals surface area contributed by atoms with Crippen LogP contribution in [0.25, 0.3) is 0 Å². The van der Waals surface area contributed by atoms with Gasteiger partial charge in [-0.25, -0.2) is 0 Å². The highest BCUT2D eigenvalue weighted by Crippen LogP contribution is 2.13. The number of nitrogens with two attached hydrogens (primary N) is 1. The van der Waals surface area contributed by atoms with E-state index in [1.165, 1.54) is 10.9 Å². The molecule has 76 valence electrons. The minimum Gasteiger partial charge on any atom is -0.389 e. The Balaban J connectivity index is 2.99. The van der Waals surface area contributed by atoms with Crippen LogP contribution >= 0.6 is 12.2 Å². The predicted molar refractivity (Wildman–Crippen MR) is 58.0 cm³/mol. The molecule has 0 unspecified atom stereocenters. The van der Waals surface area contributed by atoms with Crippen molar-refractivity contribution >= 4 is 28.9 Å². The van der Waals surface area contributed by atoms with E-state index in [2.05, 4.69) is 10.4 Å². The molecular formula is C8H12N4OS. The van der Waals surface area contributed by atoms with Crippen LogP contribution in [0.4, 0.5) is 5.82 Å². The summed E-state index contributed by atoms with van der Waals surface area (Å²) in [4.78, 5) is 11.4. The molecule has 3 N–H and O–H groups in total. The standard InChI is InChI=1S/C8H12N4OS/c1-3-6(13)11-8-5(7(9)14)4-10-12(8)2/h4H,3H2,1-2H3,(H2,9,14)(H,11,13). The Labute approximate surface area is 87.3 Å². The van der Waals surface area contributed by atoms with Crippen molar-refractivity contribution < 1.29 is 4.79 Å². The van der Waals surface area contributed by atoms with Crippen LogP contribution in [0.3, 0.4) is 0 Å². The molecule has 0 atom stereocenters. The fourth-order valence-corrected chi connectivity index (χ4v) is 1.14. The van der Waals surface area contributed by atoms with Crippen molar-refractivity contribution in [1.82, 2.24) is 9.78 Å². The van der Waals surface area contributed by atoms with Crippen LogP contribution in [0.5, 0.6) is 0 Å². The van der Waals surface area contributed by atoms with Crippen molar-refractivity contribution in [3.05, 3.63) is 11.8 Å². The first-order valence-corrected chi connectivity index (χ1v) is 4.58. The number of carbonyl (C=O) groups is 1. The number of hydrogen-bond donors (Lipinski definition) is 2. The van der Waals surface area contributed by atoms with E-state index < -0.39 is 0 Å². The van der Waals surface area contributed by atoms with Gasteiger partial charge in [-0.1, -0.05) is 19.1 Å². The molecule has 1 aromatic rings. The van der Waals surface area contributed by atoms with E-state index in [1.54, 1.807) is 14.0 Å². The maximum Gasteiger partial charge on any atom is 0.225 e. The zero-order chi connectivity index (χ0) is 10.7. The number of nitrogens with zero attached hydrogens (tertiary/aromatic N) is 2. The van der Waals surface area contributed by atoms with Gasteiger partial charge in [-0.05, 0) is 0 Å². The van der Waals surface area contributed by atoms with Gasteiger partial charge in [-0.2, -0.15) is 5.10 Å². The van der Waals surface area contributed by atoms with Gasteiger partial charge in [0.25, 0.3) is 0 Å². The molecule has 0 aliphatic heterocycles. The lowest BCUT2D eigenvalue weighted by atomic mass is 10.3. The molecule has 0 saturated heterocycles. The number of aromatic nitrogens is 2. The zero-order valence-electron chi connectivity index (χ0n) is 8.07. The molecule has 5 nitrogen and oxygen atoms in total. The van der Waals surface area contributed by atoms with Gasteiger partial charge in [0.15, 0.2) is 0 Å². The Morgan fingerprint density at radius 1 is 1.79 bits per heavy atom. The van der Waals surface area contributed by atoms with Gasteiger partial charge >= 0.3 is 0 Å². The third kappa shape index (κ3) is 2.08.